The van der Waals surface area contributed by atoms with Gasteiger partial charge >= 0.3 is 18.1 Å². The summed E-state index contributed by atoms with van der Waals surface area (Å²) in [5.74, 6) is -0.428. The van der Waals surface area contributed by atoms with Crippen molar-refractivity contribution < 1.29 is 52.8 Å². The number of urea groups is 1. The number of carboxylic acid groups (broad SMARTS) is 1. The zero-order valence-corrected chi connectivity index (χ0v) is 33.8. The number of rotatable bonds is 28. The first kappa shape index (κ1) is 44.7. The van der Waals surface area contributed by atoms with E-state index in [9.17, 15) is 24.0 Å². The van der Waals surface area contributed by atoms with Gasteiger partial charge in [-0.2, -0.15) is 11.8 Å². The van der Waals surface area contributed by atoms with Gasteiger partial charge in [0.25, 0.3) is 0 Å². The first-order chi connectivity index (χ1) is 28.3. The molecule has 0 bridgehead atoms. The molecule has 5 N–H and O–H groups in total. The van der Waals surface area contributed by atoms with Gasteiger partial charge in [-0.1, -0.05) is 55.0 Å². The third kappa shape index (κ3) is 14.4. The molecule has 318 valence electrons. The molecule has 0 unspecified atom stereocenters. The zero-order valence-electron chi connectivity index (χ0n) is 33.0. The summed E-state index contributed by atoms with van der Waals surface area (Å²) in [4.78, 5) is 61.6. The number of hydrogen-bond acceptors (Lipinski definition) is 11. The molecule has 2 heterocycles. The summed E-state index contributed by atoms with van der Waals surface area (Å²) in [5, 5.41) is 21.1. The molecule has 0 saturated carbocycles. The van der Waals surface area contributed by atoms with Gasteiger partial charge in [0.1, 0.15) is 6.61 Å². The van der Waals surface area contributed by atoms with Crippen molar-refractivity contribution in [3.8, 4) is 11.1 Å². The van der Waals surface area contributed by atoms with Crippen molar-refractivity contribution in [1.29, 1.82) is 0 Å². The van der Waals surface area contributed by atoms with E-state index < -0.39 is 12.1 Å². The summed E-state index contributed by atoms with van der Waals surface area (Å²) in [6.45, 7) is 3.52. The van der Waals surface area contributed by atoms with Gasteiger partial charge in [0.15, 0.2) is 0 Å². The van der Waals surface area contributed by atoms with Crippen molar-refractivity contribution in [2.75, 3.05) is 91.4 Å². The number of hydrogen-bond donors (Lipinski definition) is 5. The van der Waals surface area contributed by atoms with E-state index in [1.54, 1.807) is 0 Å². The molecule has 2 aromatic rings. The smallest absolute Gasteiger partial charge is 0.407 e. The molecule has 5 amide bonds. The fourth-order valence-electron chi connectivity index (χ4n) is 7.24. The SMILES string of the molecule is O=C(O)CCN(CCNC(=O)OCC1c2ccccc2-c2ccccc21)C(=O)CCOCCOCCOCCOCCNC(=O)CCCC[C@@H]1SC[C@H]2NC(=O)N[C@H]12. The van der Waals surface area contributed by atoms with Crippen LogP contribution in [0.4, 0.5) is 9.59 Å². The highest BCUT2D eigenvalue weighted by Crippen LogP contribution is 2.44. The molecule has 2 fully saturated rings. The Morgan fingerprint density at radius 1 is 0.741 bits per heavy atom. The fraction of sp³-hybridized carbons (Fsp3) is 0.585. The first-order valence-corrected chi connectivity index (χ1v) is 21.2. The number of carboxylic acids is 1. The second-order valence-electron chi connectivity index (χ2n) is 14.2. The molecule has 2 saturated heterocycles. The zero-order chi connectivity index (χ0) is 41.0. The highest BCUT2D eigenvalue weighted by molar-refractivity contribution is 8.00. The van der Waals surface area contributed by atoms with Gasteiger partial charge in [-0.05, 0) is 35.1 Å². The van der Waals surface area contributed by atoms with E-state index in [2.05, 4.69) is 33.4 Å². The van der Waals surface area contributed by atoms with E-state index in [0.29, 0.717) is 57.9 Å². The van der Waals surface area contributed by atoms with Crippen molar-refractivity contribution in [2.45, 2.75) is 61.8 Å². The minimum atomic E-state index is -1.02. The van der Waals surface area contributed by atoms with Crippen molar-refractivity contribution in [1.82, 2.24) is 26.2 Å². The molecule has 0 spiro atoms. The van der Waals surface area contributed by atoms with Gasteiger partial charge < -0.3 is 55.0 Å². The van der Waals surface area contributed by atoms with Crippen molar-refractivity contribution in [2.24, 2.45) is 0 Å². The lowest BCUT2D eigenvalue weighted by Gasteiger charge is -2.22. The maximum absolute atomic E-state index is 12.9. The average Bonchev–Trinajstić information content (AvgIpc) is 3.88. The molecular formula is C41H57N5O11S. The number of carbonyl (C=O) groups excluding carboxylic acids is 4. The van der Waals surface area contributed by atoms with E-state index in [4.69, 9.17) is 28.8 Å². The second kappa shape index (κ2) is 24.5. The summed E-state index contributed by atoms with van der Waals surface area (Å²) in [7, 11) is 0. The monoisotopic (exact) mass is 827 g/mol. The molecule has 0 radical (unpaired) electrons. The summed E-state index contributed by atoms with van der Waals surface area (Å²) >= 11 is 1.88. The Morgan fingerprint density at radius 2 is 1.38 bits per heavy atom. The van der Waals surface area contributed by atoms with E-state index in [-0.39, 0.29) is 88.1 Å². The van der Waals surface area contributed by atoms with Crippen molar-refractivity contribution in [3.63, 3.8) is 0 Å². The lowest BCUT2D eigenvalue weighted by atomic mass is 9.98. The van der Waals surface area contributed by atoms with Crippen LogP contribution in [-0.2, 0) is 38.1 Å². The van der Waals surface area contributed by atoms with Gasteiger partial charge in [0.05, 0.1) is 77.8 Å². The van der Waals surface area contributed by atoms with E-state index in [1.807, 2.05) is 48.2 Å². The topological polar surface area (TPSA) is 203 Å². The number of carbonyl (C=O) groups is 5. The van der Waals surface area contributed by atoms with Crippen LogP contribution in [0.1, 0.15) is 55.6 Å². The van der Waals surface area contributed by atoms with Crippen LogP contribution in [0.3, 0.4) is 0 Å². The number of thioether (sulfide) groups is 1. The number of nitrogens with zero attached hydrogens (tertiary/aromatic N) is 1. The summed E-state index contributed by atoms with van der Waals surface area (Å²) < 4.78 is 27.6. The first-order valence-electron chi connectivity index (χ1n) is 20.1. The Labute approximate surface area is 343 Å². The Bertz CT molecular complexity index is 1610. The van der Waals surface area contributed by atoms with Crippen molar-refractivity contribution >= 4 is 41.7 Å². The molecule has 16 nitrogen and oxygen atoms in total. The third-order valence-corrected chi connectivity index (χ3v) is 11.7. The summed E-state index contributed by atoms with van der Waals surface area (Å²) in [5.41, 5.74) is 4.48. The molecule has 0 aromatic heterocycles. The Kier molecular flexibility index (Phi) is 18.9. The maximum Gasteiger partial charge on any atom is 0.407 e. The number of benzene rings is 2. The molecule has 2 aliphatic heterocycles. The lowest BCUT2D eigenvalue weighted by molar-refractivity contribution is -0.138. The largest absolute Gasteiger partial charge is 0.481 e. The van der Waals surface area contributed by atoms with Crippen molar-refractivity contribution in [3.05, 3.63) is 59.7 Å². The van der Waals surface area contributed by atoms with Crippen LogP contribution in [0.15, 0.2) is 48.5 Å². The standard InChI is InChI=1S/C41H57N5O11S/c47-36(12-6-5-11-35-39-34(28-58-35)44-40(51)45-39)42-16-20-54-22-24-56-26-25-55-23-21-53-19-14-37(48)46(17-13-38(49)50)18-15-43-41(52)57-27-33-31-9-3-1-7-29(31)30-8-2-4-10-32(30)33/h1-4,7-10,33-35,39H,5-6,11-28H2,(H,42,47)(H,43,52)(H,49,50)(H2,44,45,51)/t34-,35+,39+/m1/s1. The Hall–Kier alpha value is -4.42. The lowest BCUT2D eigenvalue weighted by Crippen LogP contribution is -2.40. The molecule has 17 heteroatoms. The molecule has 58 heavy (non-hydrogen) atoms. The number of fused-ring (bicyclic) bond motifs is 4. The minimum absolute atomic E-state index is 0.00927. The van der Waals surface area contributed by atoms with Gasteiger partial charge in [-0.15, -0.1) is 0 Å². The second-order valence-corrected chi connectivity index (χ2v) is 15.5. The molecular weight excluding hydrogens is 771 g/mol. The predicted octanol–water partition coefficient (Wildman–Crippen LogP) is 3.13. The molecule has 3 atom stereocenters. The summed E-state index contributed by atoms with van der Waals surface area (Å²) in [6, 6.07) is 16.5. The Morgan fingerprint density at radius 3 is 2.05 bits per heavy atom. The number of aliphatic carboxylic acids is 1. The number of nitrogens with one attached hydrogen (secondary N) is 4. The third-order valence-electron chi connectivity index (χ3n) is 10.2. The van der Waals surface area contributed by atoms with E-state index >= 15 is 0 Å². The maximum atomic E-state index is 12.9. The highest BCUT2D eigenvalue weighted by Gasteiger charge is 2.42. The average molecular weight is 828 g/mol. The van der Waals surface area contributed by atoms with E-state index in [1.165, 1.54) is 4.90 Å². The molecule has 1 aliphatic carbocycles. The molecule has 3 aliphatic rings. The predicted molar refractivity (Wildman–Crippen MR) is 217 cm³/mol. The number of unbranched alkanes of at least 4 members (excludes halogenated alkanes) is 1. The Balaban J connectivity index is 0.812. The number of ether oxygens (including phenoxy) is 5. The van der Waals surface area contributed by atoms with Crippen LogP contribution in [0.25, 0.3) is 11.1 Å². The van der Waals surface area contributed by atoms with Gasteiger partial charge in [-0.25, -0.2) is 9.59 Å². The van der Waals surface area contributed by atoms with E-state index in [0.717, 1.165) is 47.3 Å². The highest BCUT2D eigenvalue weighted by atomic mass is 32.2. The van der Waals surface area contributed by atoms with Gasteiger partial charge in [0, 0.05) is 49.5 Å². The van der Waals surface area contributed by atoms with Crippen LogP contribution in [-0.4, -0.2) is 149 Å². The quantitative estimate of drug-likeness (QED) is 0.0621. The number of alkyl carbamates (subject to hydrolysis) is 1. The van der Waals surface area contributed by atoms with Gasteiger partial charge in [-0.3, -0.25) is 14.4 Å². The van der Waals surface area contributed by atoms with Crippen LogP contribution in [0, 0.1) is 0 Å². The fourth-order valence-corrected chi connectivity index (χ4v) is 8.78. The molecule has 2 aromatic carbocycles. The van der Waals surface area contributed by atoms with Gasteiger partial charge in [0.2, 0.25) is 11.8 Å². The minimum Gasteiger partial charge on any atom is -0.481 e. The van der Waals surface area contributed by atoms with Crippen LogP contribution >= 0.6 is 11.8 Å². The number of amides is 5. The van der Waals surface area contributed by atoms with Crippen LogP contribution in [0.2, 0.25) is 0 Å². The molecule has 5 rings (SSSR count). The summed E-state index contributed by atoms with van der Waals surface area (Å²) in [6.07, 6.45) is 2.45. The normalized spacial score (nSPS) is 17.8. The van der Waals surface area contributed by atoms with Crippen LogP contribution in [0.5, 0.6) is 0 Å². The van der Waals surface area contributed by atoms with Crippen LogP contribution < -0.4 is 21.3 Å².